The lowest BCUT2D eigenvalue weighted by molar-refractivity contribution is 0.624. The molecule has 2 N–H and O–H groups in total. The number of aromatic nitrogens is 3. The number of nitrogens with two attached hydrogens (primary N) is 1. The van der Waals surface area contributed by atoms with Crippen LogP contribution in [0.3, 0.4) is 0 Å². The quantitative estimate of drug-likeness (QED) is 0.858. The fraction of sp³-hybridized carbons (Fsp3) is 0.333. The predicted octanol–water partition coefficient (Wildman–Crippen LogP) is 1.09. The first-order valence-electron chi connectivity index (χ1n) is 5.67. The van der Waals surface area contributed by atoms with E-state index in [4.69, 9.17) is 5.73 Å². The van der Waals surface area contributed by atoms with Crippen molar-refractivity contribution in [1.82, 2.24) is 14.1 Å². The Labute approximate surface area is 99.5 Å². The maximum absolute atomic E-state index is 11.9. The molecule has 90 valence electrons. The minimum absolute atomic E-state index is 0.00453. The van der Waals surface area contributed by atoms with Crippen LogP contribution in [-0.2, 0) is 13.1 Å². The van der Waals surface area contributed by atoms with Crippen molar-refractivity contribution in [2.75, 3.05) is 5.73 Å². The van der Waals surface area contributed by atoms with Gasteiger partial charge in [0, 0.05) is 30.7 Å². The van der Waals surface area contributed by atoms with Gasteiger partial charge in [-0.2, -0.15) is 0 Å². The van der Waals surface area contributed by atoms with Crippen molar-refractivity contribution in [2.24, 2.45) is 0 Å². The van der Waals surface area contributed by atoms with Gasteiger partial charge in [0.15, 0.2) is 0 Å². The van der Waals surface area contributed by atoms with E-state index in [0.717, 1.165) is 18.5 Å². The topological polar surface area (TPSA) is 65.8 Å². The maximum atomic E-state index is 11.9. The van der Waals surface area contributed by atoms with Crippen LogP contribution in [0.2, 0.25) is 0 Å². The van der Waals surface area contributed by atoms with Crippen molar-refractivity contribution < 1.29 is 0 Å². The summed E-state index contributed by atoms with van der Waals surface area (Å²) in [5.41, 5.74) is 6.61. The van der Waals surface area contributed by atoms with Crippen molar-refractivity contribution in [1.29, 1.82) is 0 Å². The molecule has 0 saturated heterocycles. The highest BCUT2D eigenvalue weighted by molar-refractivity contribution is 5.38. The molecule has 5 nitrogen and oxygen atoms in total. The number of imidazole rings is 1. The third kappa shape index (κ3) is 2.38. The van der Waals surface area contributed by atoms with Gasteiger partial charge in [0.25, 0.3) is 0 Å². The molecule has 0 aliphatic heterocycles. The van der Waals surface area contributed by atoms with Gasteiger partial charge in [-0.25, -0.2) is 9.78 Å². The summed E-state index contributed by atoms with van der Waals surface area (Å²) < 4.78 is 3.34. The van der Waals surface area contributed by atoms with Crippen molar-refractivity contribution >= 4 is 5.82 Å². The molecule has 17 heavy (non-hydrogen) atoms. The maximum Gasteiger partial charge on any atom is 0.328 e. The molecule has 0 saturated carbocycles. The van der Waals surface area contributed by atoms with Crippen molar-refractivity contribution in [2.45, 2.75) is 26.4 Å². The molecular formula is C12H16N4O. The lowest BCUT2D eigenvalue weighted by Crippen LogP contribution is -2.24. The van der Waals surface area contributed by atoms with E-state index in [1.54, 1.807) is 27.7 Å². The summed E-state index contributed by atoms with van der Waals surface area (Å²) in [6.07, 6.45) is 6.17. The SMILES string of the molecule is CCCn1ccn(Cc2cccnc2N)c1=O. The molecule has 0 unspecified atom stereocenters. The Morgan fingerprint density at radius 2 is 2.12 bits per heavy atom. The Kier molecular flexibility index (Phi) is 3.27. The summed E-state index contributed by atoms with van der Waals surface area (Å²) >= 11 is 0. The zero-order chi connectivity index (χ0) is 12.3. The van der Waals surface area contributed by atoms with Crippen molar-refractivity contribution in [3.63, 3.8) is 0 Å². The number of rotatable bonds is 4. The molecule has 0 aliphatic rings. The first kappa shape index (κ1) is 11.4. The zero-order valence-corrected chi connectivity index (χ0v) is 9.84. The summed E-state index contributed by atoms with van der Waals surface area (Å²) in [5.74, 6) is 0.475. The molecule has 0 atom stereocenters. The molecule has 0 bridgehead atoms. The Bertz CT molecular complexity index is 556. The Morgan fingerprint density at radius 1 is 1.35 bits per heavy atom. The Hall–Kier alpha value is -2.04. The van der Waals surface area contributed by atoms with E-state index in [-0.39, 0.29) is 5.69 Å². The van der Waals surface area contributed by atoms with E-state index in [1.807, 2.05) is 19.1 Å². The molecule has 0 fully saturated rings. The first-order valence-corrected chi connectivity index (χ1v) is 5.67. The number of nitrogen functional groups attached to an aromatic ring is 1. The van der Waals surface area contributed by atoms with Crippen LogP contribution in [0.5, 0.6) is 0 Å². The average molecular weight is 232 g/mol. The van der Waals surface area contributed by atoms with Crippen molar-refractivity contribution in [3.8, 4) is 0 Å². The van der Waals surface area contributed by atoms with Crippen LogP contribution in [0.4, 0.5) is 5.82 Å². The summed E-state index contributed by atoms with van der Waals surface area (Å²) in [7, 11) is 0. The van der Waals surface area contributed by atoms with E-state index < -0.39 is 0 Å². The van der Waals surface area contributed by atoms with Crippen LogP contribution < -0.4 is 11.4 Å². The van der Waals surface area contributed by atoms with Crippen LogP contribution in [-0.4, -0.2) is 14.1 Å². The molecule has 0 aromatic carbocycles. The minimum Gasteiger partial charge on any atom is -0.383 e. The number of aryl methyl sites for hydroxylation is 1. The fourth-order valence-electron chi connectivity index (χ4n) is 1.75. The van der Waals surface area contributed by atoms with Gasteiger partial charge in [0.2, 0.25) is 0 Å². The monoisotopic (exact) mass is 232 g/mol. The van der Waals surface area contributed by atoms with E-state index in [2.05, 4.69) is 4.98 Å². The molecule has 2 aromatic rings. The fourth-order valence-corrected chi connectivity index (χ4v) is 1.75. The summed E-state index contributed by atoms with van der Waals surface area (Å²) in [5, 5.41) is 0. The number of hydrogen-bond donors (Lipinski definition) is 1. The second-order valence-corrected chi connectivity index (χ2v) is 3.95. The largest absolute Gasteiger partial charge is 0.383 e. The van der Waals surface area contributed by atoms with Crippen LogP contribution >= 0.6 is 0 Å². The highest BCUT2D eigenvalue weighted by Gasteiger charge is 2.05. The number of nitrogens with zero attached hydrogens (tertiary/aromatic N) is 3. The van der Waals surface area contributed by atoms with E-state index in [9.17, 15) is 4.79 Å². The van der Waals surface area contributed by atoms with Gasteiger partial charge in [-0.15, -0.1) is 0 Å². The van der Waals surface area contributed by atoms with E-state index >= 15 is 0 Å². The third-order valence-corrected chi connectivity index (χ3v) is 2.65. The van der Waals surface area contributed by atoms with Gasteiger partial charge < -0.3 is 5.73 Å². The van der Waals surface area contributed by atoms with Crippen LogP contribution in [0.1, 0.15) is 18.9 Å². The Balaban J connectivity index is 2.25. The van der Waals surface area contributed by atoms with E-state index in [0.29, 0.717) is 12.4 Å². The normalized spacial score (nSPS) is 10.6. The molecule has 0 radical (unpaired) electrons. The van der Waals surface area contributed by atoms with Gasteiger partial charge in [-0.3, -0.25) is 9.13 Å². The Morgan fingerprint density at radius 3 is 2.82 bits per heavy atom. The number of hydrogen-bond acceptors (Lipinski definition) is 3. The summed E-state index contributed by atoms with van der Waals surface area (Å²) in [6, 6.07) is 3.70. The van der Waals surface area contributed by atoms with Gasteiger partial charge in [0.05, 0.1) is 6.54 Å². The second kappa shape index (κ2) is 4.86. The van der Waals surface area contributed by atoms with E-state index in [1.165, 1.54) is 0 Å². The smallest absolute Gasteiger partial charge is 0.328 e. The number of pyridine rings is 1. The standard InChI is InChI=1S/C12H16N4O/c1-2-6-15-7-8-16(12(15)17)9-10-4-3-5-14-11(10)13/h3-5,7-8H,2,6,9H2,1H3,(H2,13,14). The van der Waals surface area contributed by atoms with Gasteiger partial charge in [-0.05, 0) is 12.5 Å². The molecule has 2 aromatic heterocycles. The first-order chi connectivity index (χ1) is 8.22. The lowest BCUT2D eigenvalue weighted by Gasteiger charge is -2.04. The van der Waals surface area contributed by atoms with Crippen LogP contribution in [0.25, 0.3) is 0 Å². The van der Waals surface area contributed by atoms with Gasteiger partial charge in [-0.1, -0.05) is 13.0 Å². The zero-order valence-electron chi connectivity index (χ0n) is 9.84. The molecule has 0 aliphatic carbocycles. The lowest BCUT2D eigenvalue weighted by atomic mass is 10.2. The average Bonchev–Trinajstić information content (AvgIpc) is 2.65. The molecule has 5 heteroatoms. The summed E-state index contributed by atoms with van der Waals surface area (Å²) in [4.78, 5) is 15.9. The molecule has 2 rings (SSSR count). The predicted molar refractivity (Wildman–Crippen MR) is 66.7 cm³/mol. The van der Waals surface area contributed by atoms with Crippen LogP contribution in [0, 0.1) is 0 Å². The molecule has 2 heterocycles. The molecular weight excluding hydrogens is 216 g/mol. The third-order valence-electron chi connectivity index (χ3n) is 2.65. The number of anilines is 1. The highest BCUT2D eigenvalue weighted by Crippen LogP contribution is 2.07. The minimum atomic E-state index is -0.00453. The van der Waals surface area contributed by atoms with Crippen LogP contribution in [0.15, 0.2) is 35.5 Å². The van der Waals surface area contributed by atoms with Crippen molar-refractivity contribution in [3.05, 3.63) is 46.8 Å². The summed E-state index contributed by atoms with van der Waals surface area (Å²) in [6.45, 7) is 3.26. The van der Waals surface area contributed by atoms with Gasteiger partial charge >= 0.3 is 5.69 Å². The molecule has 0 spiro atoms. The van der Waals surface area contributed by atoms with Gasteiger partial charge in [0.1, 0.15) is 5.82 Å². The highest BCUT2D eigenvalue weighted by atomic mass is 16.1. The second-order valence-electron chi connectivity index (χ2n) is 3.95. The molecule has 0 amide bonds.